The Bertz CT molecular complexity index is 481. The number of rotatable bonds is 5. The van der Waals surface area contributed by atoms with Crippen LogP contribution < -0.4 is 10.6 Å². The molecule has 5 heteroatoms. The lowest BCUT2D eigenvalue weighted by atomic mass is 10.1. The highest BCUT2D eigenvalue weighted by Gasteiger charge is 2.21. The number of amides is 1. The van der Waals surface area contributed by atoms with E-state index < -0.39 is 5.97 Å². The molecule has 1 aliphatic rings. The first-order chi connectivity index (χ1) is 8.58. The number of carbonyl (C=O) groups excluding carboxylic acids is 1. The lowest BCUT2D eigenvalue weighted by Gasteiger charge is -2.10. The van der Waals surface area contributed by atoms with Crippen molar-refractivity contribution in [2.24, 2.45) is 0 Å². The molecular formula is C13H16N2O3. The maximum Gasteiger partial charge on any atom is 0.336 e. The van der Waals surface area contributed by atoms with E-state index in [1.54, 1.807) is 19.1 Å². The number of aromatic carboxylic acids is 1. The first-order valence-electron chi connectivity index (χ1n) is 5.94. The van der Waals surface area contributed by atoms with Crippen molar-refractivity contribution in [1.29, 1.82) is 0 Å². The normalized spacial score (nSPS) is 14.3. The molecule has 0 unspecified atom stereocenters. The Labute approximate surface area is 105 Å². The summed E-state index contributed by atoms with van der Waals surface area (Å²) < 4.78 is 0. The minimum Gasteiger partial charge on any atom is -0.478 e. The molecule has 1 aromatic rings. The van der Waals surface area contributed by atoms with E-state index in [0.717, 1.165) is 12.8 Å². The van der Waals surface area contributed by atoms with E-state index in [2.05, 4.69) is 10.6 Å². The van der Waals surface area contributed by atoms with E-state index in [0.29, 0.717) is 17.3 Å². The number of carboxylic acids is 1. The van der Waals surface area contributed by atoms with Crippen molar-refractivity contribution in [2.75, 3.05) is 11.9 Å². The summed E-state index contributed by atoms with van der Waals surface area (Å²) in [6.45, 7) is 1.95. The van der Waals surface area contributed by atoms with Gasteiger partial charge >= 0.3 is 5.97 Å². The quantitative estimate of drug-likeness (QED) is 0.735. The molecule has 0 bridgehead atoms. The summed E-state index contributed by atoms with van der Waals surface area (Å²) in [7, 11) is 0. The average Bonchev–Trinajstić information content (AvgIpc) is 3.13. The molecule has 1 saturated carbocycles. The molecule has 0 radical (unpaired) electrons. The summed E-state index contributed by atoms with van der Waals surface area (Å²) in [5, 5.41) is 14.8. The zero-order chi connectivity index (χ0) is 13.1. The Balaban J connectivity index is 2.01. The monoisotopic (exact) mass is 248 g/mol. The first-order valence-corrected chi connectivity index (χ1v) is 5.94. The van der Waals surface area contributed by atoms with Gasteiger partial charge in [-0.05, 0) is 37.5 Å². The molecule has 18 heavy (non-hydrogen) atoms. The minimum absolute atomic E-state index is 0.146. The van der Waals surface area contributed by atoms with Gasteiger partial charge in [0.1, 0.15) is 0 Å². The zero-order valence-corrected chi connectivity index (χ0v) is 10.2. The highest BCUT2D eigenvalue weighted by molar-refractivity contribution is 5.96. The van der Waals surface area contributed by atoms with E-state index in [1.165, 1.54) is 6.07 Å². The fourth-order valence-electron chi connectivity index (χ4n) is 1.72. The first kappa shape index (κ1) is 12.6. The Morgan fingerprint density at radius 2 is 2.11 bits per heavy atom. The Kier molecular flexibility index (Phi) is 3.62. The third kappa shape index (κ3) is 3.07. The minimum atomic E-state index is -0.986. The largest absolute Gasteiger partial charge is 0.478 e. The summed E-state index contributed by atoms with van der Waals surface area (Å²) in [6, 6.07) is 5.33. The average molecular weight is 248 g/mol. The standard InChI is InChI=1S/C13H16N2O3/c1-8-10(13(17)18)3-2-4-11(8)15-12(16)7-14-9-5-6-9/h2-4,9,14H,5-7H2,1H3,(H,15,16)(H,17,18). The van der Waals surface area contributed by atoms with Gasteiger partial charge in [-0.3, -0.25) is 4.79 Å². The molecule has 3 N–H and O–H groups in total. The summed E-state index contributed by atoms with van der Waals surface area (Å²) >= 11 is 0. The molecule has 0 spiro atoms. The van der Waals surface area contributed by atoms with E-state index in [9.17, 15) is 9.59 Å². The van der Waals surface area contributed by atoms with Crippen LogP contribution in [0.25, 0.3) is 0 Å². The van der Waals surface area contributed by atoms with Crippen LogP contribution in [0.2, 0.25) is 0 Å². The van der Waals surface area contributed by atoms with Crippen molar-refractivity contribution in [1.82, 2.24) is 5.32 Å². The van der Waals surface area contributed by atoms with Crippen LogP contribution in [0.5, 0.6) is 0 Å². The van der Waals surface area contributed by atoms with Crippen molar-refractivity contribution in [2.45, 2.75) is 25.8 Å². The predicted octanol–water partition coefficient (Wildman–Crippen LogP) is 1.38. The molecule has 1 amide bonds. The number of hydrogen-bond acceptors (Lipinski definition) is 3. The molecule has 1 aromatic carbocycles. The lowest BCUT2D eigenvalue weighted by Crippen LogP contribution is -2.29. The van der Waals surface area contributed by atoms with Crippen LogP contribution in [0.3, 0.4) is 0 Å². The van der Waals surface area contributed by atoms with E-state index in [-0.39, 0.29) is 18.0 Å². The smallest absolute Gasteiger partial charge is 0.336 e. The number of benzene rings is 1. The van der Waals surface area contributed by atoms with Gasteiger partial charge in [-0.25, -0.2) is 4.79 Å². The molecule has 5 nitrogen and oxygen atoms in total. The van der Waals surface area contributed by atoms with Crippen molar-refractivity contribution in [3.63, 3.8) is 0 Å². The molecule has 2 rings (SSSR count). The van der Waals surface area contributed by atoms with Crippen molar-refractivity contribution >= 4 is 17.6 Å². The molecule has 1 fully saturated rings. The maximum atomic E-state index is 11.7. The van der Waals surface area contributed by atoms with Gasteiger partial charge in [0.05, 0.1) is 12.1 Å². The highest BCUT2D eigenvalue weighted by atomic mass is 16.4. The second kappa shape index (κ2) is 5.18. The predicted molar refractivity (Wildman–Crippen MR) is 67.8 cm³/mol. The van der Waals surface area contributed by atoms with E-state index in [1.807, 2.05) is 0 Å². The van der Waals surface area contributed by atoms with Gasteiger partial charge in [0.15, 0.2) is 0 Å². The molecule has 0 heterocycles. The molecule has 0 saturated heterocycles. The zero-order valence-electron chi connectivity index (χ0n) is 10.2. The molecule has 0 aliphatic heterocycles. The lowest BCUT2D eigenvalue weighted by molar-refractivity contribution is -0.115. The summed E-state index contributed by atoms with van der Waals surface area (Å²) in [5.41, 5.74) is 1.34. The highest BCUT2D eigenvalue weighted by Crippen LogP contribution is 2.20. The van der Waals surface area contributed by atoms with Gasteiger partial charge in [-0.2, -0.15) is 0 Å². The number of nitrogens with one attached hydrogen (secondary N) is 2. The van der Waals surface area contributed by atoms with Gasteiger partial charge in [0.25, 0.3) is 0 Å². The third-order valence-electron chi connectivity index (χ3n) is 2.97. The molecule has 96 valence electrons. The van der Waals surface area contributed by atoms with Crippen LogP contribution in [0, 0.1) is 6.92 Å². The van der Waals surface area contributed by atoms with Crippen LogP contribution in [0.1, 0.15) is 28.8 Å². The van der Waals surface area contributed by atoms with Crippen molar-refractivity contribution in [3.8, 4) is 0 Å². The number of hydrogen-bond donors (Lipinski definition) is 3. The second-order valence-electron chi connectivity index (χ2n) is 4.49. The van der Waals surface area contributed by atoms with Crippen molar-refractivity contribution in [3.05, 3.63) is 29.3 Å². The number of anilines is 1. The Morgan fingerprint density at radius 3 is 2.72 bits per heavy atom. The molecular weight excluding hydrogens is 232 g/mol. The molecule has 1 aliphatic carbocycles. The summed E-state index contributed by atoms with van der Waals surface area (Å²) in [4.78, 5) is 22.6. The van der Waals surface area contributed by atoms with Gasteiger partial charge < -0.3 is 15.7 Å². The van der Waals surface area contributed by atoms with Crippen LogP contribution in [0.15, 0.2) is 18.2 Å². The van der Waals surface area contributed by atoms with Crippen molar-refractivity contribution < 1.29 is 14.7 Å². The van der Waals surface area contributed by atoms with Crippen LogP contribution in [-0.2, 0) is 4.79 Å². The third-order valence-corrected chi connectivity index (χ3v) is 2.97. The second-order valence-corrected chi connectivity index (χ2v) is 4.49. The van der Waals surface area contributed by atoms with Crippen LogP contribution in [-0.4, -0.2) is 29.6 Å². The fourth-order valence-corrected chi connectivity index (χ4v) is 1.72. The van der Waals surface area contributed by atoms with Gasteiger partial charge in [0, 0.05) is 11.7 Å². The summed E-state index contributed by atoms with van der Waals surface area (Å²) in [6.07, 6.45) is 2.25. The van der Waals surface area contributed by atoms with Crippen LogP contribution in [0.4, 0.5) is 5.69 Å². The fraction of sp³-hybridized carbons (Fsp3) is 0.385. The molecule has 0 atom stereocenters. The summed E-state index contributed by atoms with van der Waals surface area (Å²) in [5.74, 6) is -1.13. The topological polar surface area (TPSA) is 78.4 Å². The maximum absolute atomic E-state index is 11.7. The Hall–Kier alpha value is -1.88. The SMILES string of the molecule is Cc1c(NC(=O)CNC2CC2)cccc1C(=O)O. The van der Waals surface area contributed by atoms with Crippen LogP contribution >= 0.6 is 0 Å². The number of carboxylic acid groups (broad SMARTS) is 1. The van der Waals surface area contributed by atoms with Gasteiger partial charge in [0.2, 0.25) is 5.91 Å². The molecule has 0 aromatic heterocycles. The van der Waals surface area contributed by atoms with E-state index in [4.69, 9.17) is 5.11 Å². The van der Waals surface area contributed by atoms with Gasteiger partial charge in [-0.1, -0.05) is 6.07 Å². The number of carbonyl (C=O) groups is 2. The van der Waals surface area contributed by atoms with E-state index >= 15 is 0 Å². The Morgan fingerprint density at radius 1 is 1.39 bits per heavy atom. The van der Waals surface area contributed by atoms with Gasteiger partial charge in [-0.15, -0.1) is 0 Å².